The number of ether oxygens (including phenoxy) is 1. The Morgan fingerprint density at radius 2 is 1.80 bits per heavy atom. The number of aliphatic hydroxyl groups is 1. The number of methoxy groups -OCH3 is 1. The normalized spacial score (nSPS) is 15.9. The van der Waals surface area contributed by atoms with E-state index < -0.39 is 6.10 Å². The van der Waals surface area contributed by atoms with Gasteiger partial charge in [-0.25, -0.2) is 0 Å². The Balaban J connectivity index is 1.90. The van der Waals surface area contributed by atoms with Crippen molar-refractivity contribution in [2.24, 2.45) is 0 Å². The first-order valence-electron chi connectivity index (χ1n) is 7.11. The molecule has 1 atom stereocenters. The predicted octanol–water partition coefficient (Wildman–Crippen LogP) is 3.96. The van der Waals surface area contributed by atoms with E-state index in [0.717, 1.165) is 28.4 Å². The third-order valence-electron chi connectivity index (χ3n) is 3.98. The highest BCUT2D eigenvalue weighted by Crippen LogP contribution is 2.40. The summed E-state index contributed by atoms with van der Waals surface area (Å²) in [6.45, 7) is 2.02. The quantitative estimate of drug-likeness (QED) is 0.909. The van der Waals surface area contributed by atoms with E-state index in [9.17, 15) is 5.11 Å². The minimum Gasteiger partial charge on any atom is -0.496 e. The van der Waals surface area contributed by atoms with Gasteiger partial charge in [-0.1, -0.05) is 35.9 Å². The molecule has 0 heterocycles. The van der Waals surface area contributed by atoms with Crippen molar-refractivity contribution < 1.29 is 9.84 Å². The molecule has 1 fully saturated rings. The van der Waals surface area contributed by atoms with Crippen LogP contribution in [0.1, 0.15) is 47.1 Å². The fourth-order valence-electron chi connectivity index (χ4n) is 2.61. The van der Waals surface area contributed by atoms with Crippen LogP contribution in [-0.4, -0.2) is 12.2 Å². The Labute approximate surface area is 120 Å². The minimum atomic E-state index is -0.641. The van der Waals surface area contributed by atoms with Gasteiger partial charge in [0.1, 0.15) is 11.9 Å². The number of hydrogen-bond donors (Lipinski definition) is 1. The molecule has 0 radical (unpaired) electrons. The van der Waals surface area contributed by atoms with Crippen LogP contribution in [0.4, 0.5) is 0 Å². The standard InChI is InChI=1S/C18H20O2/c1-12-3-10-17(20-2)16(11-12)18(19)15-8-6-14(7-9-15)13-4-5-13/h3,6-11,13,18-19H,4-5H2,1-2H3. The molecule has 2 aromatic rings. The van der Waals surface area contributed by atoms with Crippen molar-refractivity contribution in [1.82, 2.24) is 0 Å². The fourth-order valence-corrected chi connectivity index (χ4v) is 2.61. The van der Waals surface area contributed by atoms with Crippen molar-refractivity contribution in [2.45, 2.75) is 31.8 Å². The highest BCUT2D eigenvalue weighted by Gasteiger charge is 2.23. The summed E-state index contributed by atoms with van der Waals surface area (Å²) in [5.74, 6) is 1.48. The van der Waals surface area contributed by atoms with E-state index in [-0.39, 0.29) is 0 Å². The lowest BCUT2D eigenvalue weighted by atomic mass is 9.97. The SMILES string of the molecule is COc1ccc(C)cc1C(O)c1ccc(C2CC2)cc1. The van der Waals surface area contributed by atoms with Crippen LogP contribution >= 0.6 is 0 Å². The van der Waals surface area contributed by atoms with E-state index in [4.69, 9.17) is 4.74 Å². The molecule has 1 N–H and O–H groups in total. The molecule has 1 unspecified atom stereocenters. The van der Waals surface area contributed by atoms with Crippen molar-refractivity contribution in [1.29, 1.82) is 0 Å². The number of benzene rings is 2. The molecule has 0 aromatic heterocycles. The largest absolute Gasteiger partial charge is 0.496 e. The van der Waals surface area contributed by atoms with Gasteiger partial charge in [0.25, 0.3) is 0 Å². The van der Waals surface area contributed by atoms with Gasteiger partial charge in [0, 0.05) is 5.56 Å². The van der Waals surface area contributed by atoms with Crippen LogP contribution in [0.5, 0.6) is 5.75 Å². The fraction of sp³-hybridized carbons (Fsp3) is 0.333. The Bertz CT molecular complexity index is 597. The van der Waals surface area contributed by atoms with E-state index in [2.05, 4.69) is 12.1 Å². The maximum Gasteiger partial charge on any atom is 0.125 e. The summed E-state index contributed by atoms with van der Waals surface area (Å²) < 4.78 is 5.35. The zero-order valence-corrected chi connectivity index (χ0v) is 12.0. The van der Waals surface area contributed by atoms with Gasteiger partial charge in [0.05, 0.1) is 7.11 Å². The third kappa shape index (κ3) is 2.56. The van der Waals surface area contributed by atoms with E-state index in [1.165, 1.54) is 18.4 Å². The number of aryl methyl sites for hydroxylation is 1. The van der Waals surface area contributed by atoms with Crippen LogP contribution in [0.25, 0.3) is 0 Å². The highest BCUT2D eigenvalue weighted by atomic mass is 16.5. The Morgan fingerprint density at radius 3 is 2.40 bits per heavy atom. The highest BCUT2D eigenvalue weighted by molar-refractivity contribution is 5.43. The Hall–Kier alpha value is -1.80. The lowest BCUT2D eigenvalue weighted by Gasteiger charge is -2.16. The van der Waals surface area contributed by atoms with Gasteiger partial charge in [0.15, 0.2) is 0 Å². The predicted molar refractivity (Wildman–Crippen MR) is 80.2 cm³/mol. The lowest BCUT2D eigenvalue weighted by molar-refractivity contribution is 0.214. The van der Waals surface area contributed by atoms with E-state index in [0.29, 0.717) is 0 Å². The van der Waals surface area contributed by atoms with Gasteiger partial charge >= 0.3 is 0 Å². The van der Waals surface area contributed by atoms with Gasteiger partial charge in [-0.2, -0.15) is 0 Å². The molecule has 0 saturated heterocycles. The second kappa shape index (κ2) is 5.29. The van der Waals surface area contributed by atoms with Crippen molar-refractivity contribution in [2.75, 3.05) is 7.11 Å². The molecule has 20 heavy (non-hydrogen) atoms. The molecule has 0 spiro atoms. The summed E-state index contributed by atoms with van der Waals surface area (Å²) in [5, 5.41) is 10.6. The molecule has 1 saturated carbocycles. The summed E-state index contributed by atoms with van der Waals surface area (Å²) in [4.78, 5) is 0. The topological polar surface area (TPSA) is 29.5 Å². The number of hydrogen-bond acceptors (Lipinski definition) is 2. The summed E-state index contributed by atoms with van der Waals surface area (Å²) in [7, 11) is 1.64. The summed E-state index contributed by atoms with van der Waals surface area (Å²) >= 11 is 0. The van der Waals surface area contributed by atoms with Crippen LogP contribution < -0.4 is 4.74 Å². The van der Waals surface area contributed by atoms with Crippen LogP contribution in [0, 0.1) is 6.92 Å². The molecule has 0 aliphatic heterocycles. The van der Waals surface area contributed by atoms with Crippen LogP contribution in [0.3, 0.4) is 0 Å². The third-order valence-corrected chi connectivity index (χ3v) is 3.98. The summed E-state index contributed by atoms with van der Waals surface area (Å²) in [5.41, 5.74) is 4.25. The molecular weight excluding hydrogens is 248 g/mol. The van der Waals surface area contributed by atoms with E-state index in [1.54, 1.807) is 7.11 Å². The molecule has 2 heteroatoms. The van der Waals surface area contributed by atoms with Crippen molar-refractivity contribution in [3.8, 4) is 5.75 Å². The van der Waals surface area contributed by atoms with E-state index in [1.807, 2.05) is 37.3 Å². The van der Waals surface area contributed by atoms with Gasteiger partial charge in [-0.3, -0.25) is 0 Å². The average Bonchev–Trinajstić information content (AvgIpc) is 3.31. The maximum atomic E-state index is 10.6. The number of rotatable bonds is 4. The van der Waals surface area contributed by atoms with Crippen molar-refractivity contribution in [3.05, 3.63) is 64.7 Å². The Morgan fingerprint density at radius 1 is 1.10 bits per heavy atom. The van der Waals surface area contributed by atoms with Gasteiger partial charge in [-0.05, 0) is 48.9 Å². The van der Waals surface area contributed by atoms with E-state index >= 15 is 0 Å². The van der Waals surface area contributed by atoms with Crippen LogP contribution in [0.15, 0.2) is 42.5 Å². The summed E-state index contributed by atoms with van der Waals surface area (Å²) in [6, 6.07) is 14.2. The molecule has 2 nitrogen and oxygen atoms in total. The lowest BCUT2D eigenvalue weighted by Crippen LogP contribution is -2.03. The monoisotopic (exact) mass is 268 g/mol. The van der Waals surface area contributed by atoms with Gasteiger partial charge < -0.3 is 9.84 Å². The van der Waals surface area contributed by atoms with Crippen molar-refractivity contribution in [3.63, 3.8) is 0 Å². The van der Waals surface area contributed by atoms with Gasteiger partial charge in [-0.15, -0.1) is 0 Å². The smallest absolute Gasteiger partial charge is 0.125 e. The first-order valence-corrected chi connectivity index (χ1v) is 7.11. The molecule has 0 amide bonds. The molecular formula is C18H20O2. The molecule has 0 bridgehead atoms. The molecule has 104 valence electrons. The molecule has 3 rings (SSSR count). The summed E-state index contributed by atoms with van der Waals surface area (Å²) in [6.07, 6.45) is 1.96. The maximum absolute atomic E-state index is 10.6. The zero-order chi connectivity index (χ0) is 14.1. The average molecular weight is 268 g/mol. The first kappa shape index (κ1) is 13.2. The number of aliphatic hydroxyl groups excluding tert-OH is 1. The zero-order valence-electron chi connectivity index (χ0n) is 12.0. The molecule has 1 aliphatic carbocycles. The first-order chi connectivity index (χ1) is 9.69. The van der Waals surface area contributed by atoms with Crippen LogP contribution in [0.2, 0.25) is 0 Å². The van der Waals surface area contributed by atoms with Crippen molar-refractivity contribution >= 4 is 0 Å². The van der Waals surface area contributed by atoms with Gasteiger partial charge in [0.2, 0.25) is 0 Å². The molecule has 1 aliphatic rings. The molecule has 2 aromatic carbocycles. The van der Waals surface area contributed by atoms with Crippen LogP contribution in [-0.2, 0) is 0 Å². The minimum absolute atomic E-state index is 0.641. The second-order valence-electron chi connectivity index (χ2n) is 5.59. The second-order valence-corrected chi connectivity index (χ2v) is 5.59. The Kier molecular flexibility index (Phi) is 3.49.